The van der Waals surface area contributed by atoms with E-state index in [4.69, 9.17) is 0 Å². The van der Waals surface area contributed by atoms with Gasteiger partial charge >= 0.3 is 0 Å². The zero-order valence-corrected chi connectivity index (χ0v) is 19.6. The number of hydrogen-bond acceptors (Lipinski definition) is 6. The Labute approximate surface area is 188 Å². The zero-order chi connectivity index (χ0) is 20.3. The molecule has 0 aliphatic carbocycles. The minimum Gasteiger partial charge on any atom is -0.302 e. The molecule has 1 saturated heterocycles. The van der Waals surface area contributed by atoms with Crippen LogP contribution in [0.5, 0.6) is 0 Å². The van der Waals surface area contributed by atoms with Crippen LogP contribution in [0.25, 0.3) is 10.2 Å². The molecule has 1 aliphatic rings. The number of thiazole rings is 1. The van der Waals surface area contributed by atoms with Gasteiger partial charge in [-0.1, -0.05) is 41.1 Å². The Morgan fingerprint density at radius 1 is 1.17 bits per heavy atom. The summed E-state index contributed by atoms with van der Waals surface area (Å²) in [5, 5.41) is 0.587. The largest absolute Gasteiger partial charge is 0.302 e. The van der Waals surface area contributed by atoms with Gasteiger partial charge in [0, 0.05) is 30.4 Å². The Balaban J connectivity index is 0.00000300. The van der Waals surface area contributed by atoms with Gasteiger partial charge in [-0.15, -0.1) is 12.4 Å². The van der Waals surface area contributed by atoms with E-state index < -0.39 is 0 Å². The summed E-state index contributed by atoms with van der Waals surface area (Å²) in [5.41, 5.74) is 0.817. The number of rotatable bonds is 8. The molecule has 0 atom stereocenters. The lowest BCUT2D eigenvalue weighted by molar-refractivity contribution is -0.141. The quantitative estimate of drug-likeness (QED) is 0.517. The summed E-state index contributed by atoms with van der Waals surface area (Å²) in [5.74, 6) is -0.848. The Bertz CT molecular complexity index is 887. The molecule has 2 aromatic rings. The summed E-state index contributed by atoms with van der Waals surface area (Å²) in [6.07, 6.45) is 0.363. The van der Waals surface area contributed by atoms with E-state index in [0.29, 0.717) is 18.2 Å². The number of carbonyl (C=O) groups is 3. The summed E-state index contributed by atoms with van der Waals surface area (Å²) in [7, 11) is 0. The molecule has 3 amide bonds. The highest BCUT2D eigenvalue weighted by molar-refractivity contribution is 9.10. The van der Waals surface area contributed by atoms with Gasteiger partial charge in [-0.2, -0.15) is 0 Å². The van der Waals surface area contributed by atoms with Crippen molar-refractivity contribution < 1.29 is 14.4 Å². The molecule has 1 aromatic carbocycles. The molecule has 0 bridgehead atoms. The number of benzene rings is 1. The third-order valence-electron chi connectivity index (χ3n) is 4.85. The van der Waals surface area contributed by atoms with Crippen molar-refractivity contribution >= 4 is 72.7 Å². The molecule has 1 aromatic heterocycles. The highest BCUT2D eigenvalue weighted by atomic mass is 79.9. The Kier molecular flexibility index (Phi) is 8.57. The average molecular weight is 504 g/mol. The molecule has 2 heterocycles. The fourth-order valence-electron chi connectivity index (χ4n) is 3.13. The van der Waals surface area contributed by atoms with E-state index in [1.807, 2.05) is 18.2 Å². The Hall–Kier alpha value is -1.55. The van der Waals surface area contributed by atoms with Crippen LogP contribution >= 0.6 is 39.7 Å². The molecule has 1 fully saturated rings. The van der Waals surface area contributed by atoms with Crippen LogP contribution in [0.2, 0.25) is 0 Å². The van der Waals surface area contributed by atoms with Gasteiger partial charge in [-0.25, -0.2) is 4.98 Å². The summed E-state index contributed by atoms with van der Waals surface area (Å²) < 4.78 is 1.92. The summed E-state index contributed by atoms with van der Waals surface area (Å²) in [6.45, 7) is 6.84. The SMILES string of the molecule is CCN(CC)CCN(C(=O)CN1C(=O)CCC1=O)c1nc2ccc(Br)cc2s1.Cl. The van der Waals surface area contributed by atoms with Gasteiger partial charge in [-0.3, -0.25) is 24.2 Å². The van der Waals surface area contributed by atoms with Gasteiger partial charge in [0.2, 0.25) is 17.7 Å². The van der Waals surface area contributed by atoms with Crippen LogP contribution in [-0.2, 0) is 14.4 Å². The van der Waals surface area contributed by atoms with Crippen LogP contribution in [0.15, 0.2) is 22.7 Å². The molecule has 7 nitrogen and oxygen atoms in total. The number of hydrogen-bond donors (Lipinski definition) is 0. The maximum absolute atomic E-state index is 13.0. The minimum absolute atomic E-state index is 0. The van der Waals surface area contributed by atoms with Crippen molar-refractivity contribution in [3.8, 4) is 0 Å². The number of likely N-dealkylation sites (tertiary alicyclic amines) is 1. The molecule has 1 aliphatic heterocycles. The second kappa shape index (κ2) is 10.5. The average Bonchev–Trinajstić information content (AvgIpc) is 3.22. The number of halogens is 2. The maximum atomic E-state index is 13.0. The maximum Gasteiger partial charge on any atom is 0.248 e. The van der Waals surface area contributed by atoms with Crippen LogP contribution in [0.1, 0.15) is 26.7 Å². The smallest absolute Gasteiger partial charge is 0.248 e. The minimum atomic E-state index is -0.283. The van der Waals surface area contributed by atoms with E-state index in [1.165, 1.54) is 11.3 Å². The Morgan fingerprint density at radius 3 is 2.45 bits per heavy atom. The zero-order valence-electron chi connectivity index (χ0n) is 16.4. The van der Waals surface area contributed by atoms with Crippen LogP contribution in [0.4, 0.5) is 5.13 Å². The van der Waals surface area contributed by atoms with Gasteiger partial charge < -0.3 is 4.90 Å². The third-order valence-corrected chi connectivity index (χ3v) is 6.39. The number of amides is 3. The second-order valence-corrected chi connectivity index (χ2v) is 8.48. The van der Waals surface area contributed by atoms with Crippen LogP contribution in [0, 0.1) is 0 Å². The number of fused-ring (bicyclic) bond motifs is 1. The first-order valence-electron chi connectivity index (χ1n) is 9.35. The van der Waals surface area contributed by atoms with Crippen molar-refractivity contribution in [2.45, 2.75) is 26.7 Å². The van der Waals surface area contributed by atoms with E-state index in [1.54, 1.807) is 4.90 Å². The molecule has 10 heteroatoms. The number of anilines is 1. The van der Waals surface area contributed by atoms with Crippen LogP contribution in [0.3, 0.4) is 0 Å². The van der Waals surface area contributed by atoms with Crippen molar-refractivity contribution in [3.05, 3.63) is 22.7 Å². The monoisotopic (exact) mass is 502 g/mol. The second-order valence-electron chi connectivity index (χ2n) is 6.55. The molecule has 0 spiro atoms. The van der Waals surface area contributed by atoms with Gasteiger partial charge in [0.1, 0.15) is 6.54 Å². The number of aromatic nitrogens is 1. The highest BCUT2D eigenvalue weighted by Gasteiger charge is 2.32. The number of likely N-dealkylation sites (N-methyl/N-ethyl adjacent to an activating group) is 1. The van der Waals surface area contributed by atoms with E-state index >= 15 is 0 Å². The van der Waals surface area contributed by atoms with E-state index in [0.717, 1.165) is 32.7 Å². The highest BCUT2D eigenvalue weighted by Crippen LogP contribution is 2.31. The third kappa shape index (κ3) is 5.53. The lowest BCUT2D eigenvalue weighted by Gasteiger charge is -2.26. The van der Waals surface area contributed by atoms with E-state index in [9.17, 15) is 14.4 Å². The summed E-state index contributed by atoms with van der Waals surface area (Å²) in [6, 6.07) is 5.78. The predicted octanol–water partition coefficient (Wildman–Crippen LogP) is 3.30. The van der Waals surface area contributed by atoms with Gasteiger partial charge in [-0.05, 0) is 31.3 Å². The van der Waals surface area contributed by atoms with E-state index in [2.05, 4.69) is 39.7 Å². The van der Waals surface area contributed by atoms with Crippen molar-refractivity contribution in [2.75, 3.05) is 37.6 Å². The molecule has 29 heavy (non-hydrogen) atoms. The fraction of sp³-hybridized carbons (Fsp3) is 0.474. The van der Waals surface area contributed by atoms with Crippen LogP contribution < -0.4 is 4.90 Å². The van der Waals surface area contributed by atoms with Gasteiger partial charge in [0.05, 0.1) is 10.2 Å². The number of imide groups is 1. The predicted molar refractivity (Wildman–Crippen MR) is 121 cm³/mol. The molecule has 0 N–H and O–H groups in total. The lowest BCUT2D eigenvalue weighted by Crippen LogP contribution is -2.45. The first kappa shape index (κ1) is 23.7. The normalized spacial score (nSPS) is 14.0. The molecular formula is C19H24BrClN4O3S. The number of nitrogens with zero attached hydrogens (tertiary/aromatic N) is 4. The lowest BCUT2D eigenvalue weighted by atomic mass is 10.3. The van der Waals surface area contributed by atoms with E-state index in [-0.39, 0.29) is 49.5 Å². The first-order chi connectivity index (χ1) is 13.4. The fourth-order valence-corrected chi connectivity index (χ4v) is 4.69. The molecule has 0 saturated carbocycles. The topological polar surface area (TPSA) is 73.8 Å². The summed E-state index contributed by atoms with van der Waals surface area (Å²) >= 11 is 4.89. The molecule has 0 unspecified atom stereocenters. The molecular weight excluding hydrogens is 480 g/mol. The van der Waals surface area contributed by atoms with Crippen molar-refractivity contribution in [1.29, 1.82) is 0 Å². The Morgan fingerprint density at radius 2 is 1.83 bits per heavy atom. The van der Waals surface area contributed by atoms with Gasteiger partial charge in [0.25, 0.3) is 0 Å². The van der Waals surface area contributed by atoms with Gasteiger partial charge in [0.15, 0.2) is 5.13 Å². The number of carbonyl (C=O) groups excluding carboxylic acids is 3. The molecule has 3 rings (SSSR count). The van der Waals surface area contributed by atoms with Crippen molar-refractivity contribution in [2.24, 2.45) is 0 Å². The van der Waals surface area contributed by atoms with Crippen molar-refractivity contribution in [1.82, 2.24) is 14.8 Å². The first-order valence-corrected chi connectivity index (χ1v) is 11.0. The standard InChI is InChI=1S/C19H23BrN4O3S.ClH/c1-3-22(4-2)9-10-23(18(27)12-24-16(25)7-8-17(24)26)19-21-14-6-5-13(20)11-15(14)28-19;/h5-6,11H,3-4,7-10,12H2,1-2H3;1H. The molecule has 158 valence electrons. The molecule has 0 radical (unpaired) electrons. The van der Waals surface area contributed by atoms with Crippen LogP contribution in [-0.4, -0.2) is 65.2 Å². The summed E-state index contributed by atoms with van der Waals surface area (Å²) in [4.78, 5) is 46.4. The van der Waals surface area contributed by atoms with Crippen molar-refractivity contribution in [3.63, 3.8) is 0 Å².